The van der Waals surface area contributed by atoms with E-state index in [4.69, 9.17) is 11.6 Å². The van der Waals surface area contributed by atoms with Gasteiger partial charge in [0.1, 0.15) is 4.60 Å². The first-order chi connectivity index (χ1) is 6.63. The van der Waals surface area contributed by atoms with Crippen molar-refractivity contribution in [2.24, 2.45) is 0 Å². The number of aromatic nitrogens is 1. The highest BCUT2D eigenvalue weighted by atomic mass is 79.9. The van der Waals surface area contributed by atoms with Gasteiger partial charge in [0.15, 0.2) is 0 Å². The maximum atomic E-state index is 11.2. The molecule has 1 heterocycles. The van der Waals surface area contributed by atoms with Gasteiger partial charge in [-0.05, 0) is 34.5 Å². The van der Waals surface area contributed by atoms with Crippen LogP contribution in [0.15, 0.2) is 16.9 Å². The summed E-state index contributed by atoms with van der Waals surface area (Å²) in [5.74, 6) is 0.234. The second-order valence-corrected chi connectivity index (χ2v) is 3.95. The molecular formula is C9H10BrClN2O. The van der Waals surface area contributed by atoms with E-state index in [1.807, 2.05) is 13.0 Å². The largest absolute Gasteiger partial charge is 0.325 e. The molecule has 1 rings (SSSR count). The van der Waals surface area contributed by atoms with Crippen molar-refractivity contribution in [2.75, 3.05) is 11.2 Å². The van der Waals surface area contributed by atoms with Crippen molar-refractivity contribution in [3.8, 4) is 0 Å². The standard InChI is InChI=1S/C9H10BrClN2O/c1-6-4-7(5-12-9(6)10)13-8(14)2-3-11/h4-5H,2-3H2,1H3,(H,13,14). The van der Waals surface area contributed by atoms with Crippen molar-refractivity contribution in [2.45, 2.75) is 13.3 Å². The van der Waals surface area contributed by atoms with Crippen molar-refractivity contribution >= 4 is 39.1 Å². The van der Waals surface area contributed by atoms with Gasteiger partial charge in [-0.2, -0.15) is 0 Å². The van der Waals surface area contributed by atoms with Crippen molar-refractivity contribution in [1.29, 1.82) is 0 Å². The molecule has 1 N–H and O–H groups in total. The number of pyridine rings is 1. The van der Waals surface area contributed by atoms with Gasteiger partial charge in [0.05, 0.1) is 11.9 Å². The van der Waals surface area contributed by atoms with E-state index in [9.17, 15) is 4.79 Å². The van der Waals surface area contributed by atoms with E-state index in [0.29, 0.717) is 18.0 Å². The van der Waals surface area contributed by atoms with E-state index in [1.54, 1.807) is 6.20 Å². The zero-order valence-corrected chi connectivity index (χ0v) is 10.0. The molecule has 0 aliphatic carbocycles. The summed E-state index contributed by atoms with van der Waals surface area (Å²) in [6, 6.07) is 1.85. The Bertz CT molecular complexity index is 344. The van der Waals surface area contributed by atoms with Crippen LogP contribution in [0.1, 0.15) is 12.0 Å². The first kappa shape index (κ1) is 11.5. The van der Waals surface area contributed by atoms with E-state index in [0.717, 1.165) is 10.2 Å². The minimum atomic E-state index is -0.0940. The molecule has 76 valence electrons. The molecule has 3 nitrogen and oxygen atoms in total. The smallest absolute Gasteiger partial charge is 0.225 e. The molecule has 0 aromatic carbocycles. The fourth-order valence-corrected chi connectivity index (χ4v) is 1.32. The van der Waals surface area contributed by atoms with Gasteiger partial charge in [0.25, 0.3) is 0 Å². The Kier molecular flexibility index (Phi) is 4.35. The molecule has 14 heavy (non-hydrogen) atoms. The molecule has 0 aliphatic rings. The lowest BCUT2D eigenvalue weighted by atomic mass is 10.3. The van der Waals surface area contributed by atoms with Crippen LogP contribution >= 0.6 is 27.5 Å². The SMILES string of the molecule is Cc1cc(NC(=O)CCCl)cnc1Br. The fourth-order valence-electron chi connectivity index (χ4n) is 0.936. The van der Waals surface area contributed by atoms with Crippen LogP contribution in [0.5, 0.6) is 0 Å². The van der Waals surface area contributed by atoms with Crippen molar-refractivity contribution in [3.63, 3.8) is 0 Å². The van der Waals surface area contributed by atoms with Gasteiger partial charge in [-0.25, -0.2) is 4.98 Å². The number of nitrogens with zero attached hydrogens (tertiary/aromatic N) is 1. The number of nitrogens with one attached hydrogen (secondary N) is 1. The first-order valence-electron chi connectivity index (χ1n) is 4.11. The number of alkyl halides is 1. The molecule has 0 saturated carbocycles. The molecular weight excluding hydrogens is 267 g/mol. The lowest BCUT2D eigenvalue weighted by molar-refractivity contribution is -0.115. The third-order valence-corrected chi connectivity index (χ3v) is 2.64. The van der Waals surface area contributed by atoms with Crippen LogP contribution in [0.3, 0.4) is 0 Å². The van der Waals surface area contributed by atoms with Crippen LogP contribution in [-0.2, 0) is 4.79 Å². The predicted octanol–water partition coefficient (Wildman–Crippen LogP) is 2.72. The Balaban J connectivity index is 2.68. The number of aryl methyl sites for hydroxylation is 1. The Morgan fingerprint density at radius 3 is 3.00 bits per heavy atom. The summed E-state index contributed by atoms with van der Waals surface area (Å²) in [6.45, 7) is 1.91. The number of amides is 1. The van der Waals surface area contributed by atoms with Crippen LogP contribution in [0.4, 0.5) is 5.69 Å². The predicted molar refractivity (Wildman–Crippen MR) is 60.6 cm³/mol. The zero-order valence-electron chi connectivity index (χ0n) is 7.68. The van der Waals surface area contributed by atoms with E-state index in [-0.39, 0.29) is 5.91 Å². The third-order valence-electron chi connectivity index (χ3n) is 1.62. The Morgan fingerprint density at radius 2 is 2.43 bits per heavy atom. The van der Waals surface area contributed by atoms with E-state index in [1.165, 1.54) is 0 Å². The topological polar surface area (TPSA) is 42.0 Å². The maximum absolute atomic E-state index is 11.2. The van der Waals surface area contributed by atoms with Crippen LogP contribution in [-0.4, -0.2) is 16.8 Å². The van der Waals surface area contributed by atoms with Crippen LogP contribution < -0.4 is 5.32 Å². The monoisotopic (exact) mass is 276 g/mol. The highest BCUT2D eigenvalue weighted by molar-refractivity contribution is 9.10. The average Bonchev–Trinajstić information content (AvgIpc) is 2.12. The normalized spacial score (nSPS) is 9.93. The summed E-state index contributed by atoms with van der Waals surface area (Å²) >= 11 is 8.72. The Hall–Kier alpha value is -0.610. The second-order valence-electron chi connectivity index (χ2n) is 2.82. The summed E-state index contributed by atoms with van der Waals surface area (Å²) in [4.78, 5) is 15.2. The van der Waals surface area contributed by atoms with Gasteiger partial charge in [0, 0.05) is 12.3 Å². The highest BCUT2D eigenvalue weighted by Crippen LogP contribution is 2.16. The van der Waals surface area contributed by atoms with E-state index < -0.39 is 0 Å². The molecule has 0 atom stereocenters. The molecule has 0 aliphatic heterocycles. The molecule has 0 bridgehead atoms. The van der Waals surface area contributed by atoms with Gasteiger partial charge >= 0.3 is 0 Å². The fraction of sp³-hybridized carbons (Fsp3) is 0.333. The molecule has 1 amide bonds. The molecule has 0 radical (unpaired) electrons. The molecule has 0 spiro atoms. The summed E-state index contributed by atoms with van der Waals surface area (Å²) in [5, 5.41) is 2.70. The highest BCUT2D eigenvalue weighted by Gasteiger charge is 2.03. The Labute approximate surface area is 96.0 Å². The molecule has 1 aromatic heterocycles. The van der Waals surface area contributed by atoms with Gasteiger partial charge in [-0.15, -0.1) is 11.6 Å². The number of hydrogen-bond donors (Lipinski definition) is 1. The van der Waals surface area contributed by atoms with Crippen molar-refractivity contribution < 1.29 is 4.79 Å². The van der Waals surface area contributed by atoms with Crippen molar-refractivity contribution in [1.82, 2.24) is 4.98 Å². The summed E-state index contributed by atoms with van der Waals surface area (Å²) in [7, 11) is 0. The third kappa shape index (κ3) is 3.27. The summed E-state index contributed by atoms with van der Waals surface area (Å²) < 4.78 is 0.785. The van der Waals surface area contributed by atoms with E-state index in [2.05, 4.69) is 26.2 Å². The van der Waals surface area contributed by atoms with Crippen molar-refractivity contribution in [3.05, 3.63) is 22.4 Å². The van der Waals surface area contributed by atoms with Gasteiger partial charge in [-0.1, -0.05) is 0 Å². The van der Waals surface area contributed by atoms with Crippen LogP contribution in [0.2, 0.25) is 0 Å². The number of carbonyl (C=O) groups excluding carboxylic acids is 1. The number of halogens is 2. The molecule has 0 saturated heterocycles. The Morgan fingerprint density at radius 1 is 1.71 bits per heavy atom. The lowest BCUT2D eigenvalue weighted by Gasteiger charge is -2.04. The van der Waals surface area contributed by atoms with Gasteiger partial charge < -0.3 is 5.32 Å². The molecule has 5 heteroatoms. The summed E-state index contributed by atoms with van der Waals surface area (Å²) in [6.07, 6.45) is 1.92. The maximum Gasteiger partial charge on any atom is 0.225 e. The number of rotatable bonds is 3. The van der Waals surface area contributed by atoms with Gasteiger partial charge in [-0.3, -0.25) is 4.79 Å². The van der Waals surface area contributed by atoms with Crippen LogP contribution in [0, 0.1) is 6.92 Å². The molecule has 0 unspecified atom stereocenters. The lowest BCUT2D eigenvalue weighted by Crippen LogP contribution is -2.11. The summed E-state index contributed by atoms with van der Waals surface area (Å²) in [5.41, 5.74) is 1.68. The number of hydrogen-bond acceptors (Lipinski definition) is 2. The zero-order chi connectivity index (χ0) is 10.6. The minimum absolute atomic E-state index is 0.0940. The van der Waals surface area contributed by atoms with Crippen LogP contribution in [0.25, 0.3) is 0 Å². The second kappa shape index (κ2) is 5.32. The quantitative estimate of drug-likeness (QED) is 0.682. The van der Waals surface area contributed by atoms with E-state index >= 15 is 0 Å². The number of anilines is 1. The first-order valence-corrected chi connectivity index (χ1v) is 5.44. The average molecular weight is 278 g/mol. The number of carbonyl (C=O) groups is 1. The molecule has 0 fully saturated rings. The minimum Gasteiger partial charge on any atom is -0.325 e. The molecule has 1 aromatic rings. The van der Waals surface area contributed by atoms with Gasteiger partial charge in [0.2, 0.25) is 5.91 Å².